The number of methoxy groups -OCH3 is 1. The van der Waals surface area contributed by atoms with Gasteiger partial charge in [-0.1, -0.05) is 0 Å². The van der Waals surface area contributed by atoms with Crippen molar-refractivity contribution < 1.29 is 14.2 Å². The van der Waals surface area contributed by atoms with Gasteiger partial charge in [0, 0.05) is 36.5 Å². The van der Waals surface area contributed by atoms with E-state index in [0.29, 0.717) is 18.9 Å². The molecule has 0 aromatic heterocycles. The minimum absolute atomic E-state index is 0.421. The van der Waals surface area contributed by atoms with E-state index in [1.54, 1.807) is 7.11 Å². The first-order chi connectivity index (χ1) is 9.21. The molecule has 104 valence electrons. The van der Waals surface area contributed by atoms with Gasteiger partial charge in [-0.15, -0.1) is 0 Å². The number of ether oxygens (including phenoxy) is 3. The molecule has 0 atom stereocenters. The largest absolute Gasteiger partial charge is 0.497 e. The highest BCUT2D eigenvalue weighted by Crippen LogP contribution is 2.34. The van der Waals surface area contributed by atoms with Crippen molar-refractivity contribution in [3.63, 3.8) is 0 Å². The molecule has 5 heteroatoms. The smallest absolute Gasteiger partial charge is 0.186 e. The zero-order chi connectivity index (χ0) is 13.3. The number of anilines is 2. The molecule has 2 aliphatic rings. The van der Waals surface area contributed by atoms with Gasteiger partial charge in [0.05, 0.1) is 26.9 Å². The minimum atomic E-state index is -0.421. The maximum Gasteiger partial charge on any atom is 0.186 e. The summed E-state index contributed by atoms with van der Waals surface area (Å²) in [5.74, 6) is 0.360. The Balaban J connectivity index is 1.83. The summed E-state index contributed by atoms with van der Waals surface area (Å²) in [5, 5.41) is 0. The molecule has 0 saturated carbocycles. The molecule has 0 bridgehead atoms. The standard InChI is InChI=1S/C14H20N2O3/c1-17-13-8-11(15)7-12(9-13)16-4-2-3-14(10-16)18-5-6-19-14/h7-9H,2-6,10,15H2,1H3. The van der Waals surface area contributed by atoms with Crippen LogP contribution in [0, 0.1) is 0 Å². The Morgan fingerprint density at radius 3 is 2.79 bits per heavy atom. The second-order valence-corrected chi connectivity index (χ2v) is 5.10. The molecule has 1 aromatic rings. The van der Waals surface area contributed by atoms with Crippen molar-refractivity contribution in [2.45, 2.75) is 18.6 Å². The molecule has 3 rings (SSSR count). The number of benzene rings is 1. The molecule has 1 aromatic carbocycles. The highest BCUT2D eigenvalue weighted by atomic mass is 16.7. The summed E-state index contributed by atoms with van der Waals surface area (Å²) in [4.78, 5) is 2.26. The summed E-state index contributed by atoms with van der Waals surface area (Å²) in [6.45, 7) is 3.11. The highest BCUT2D eigenvalue weighted by Gasteiger charge is 2.40. The number of nitrogens with zero attached hydrogens (tertiary/aromatic N) is 1. The molecule has 5 nitrogen and oxygen atoms in total. The molecule has 2 heterocycles. The third-order valence-electron chi connectivity index (χ3n) is 3.75. The second kappa shape index (κ2) is 4.90. The molecule has 0 radical (unpaired) electrons. The van der Waals surface area contributed by atoms with E-state index in [-0.39, 0.29) is 0 Å². The first-order valence-electron chi connectivity index (χ1n) is 6.68. The monoisotopic (exact) mass is 264 g/mol. The lowest BCUT2D eigenvalue weighted by Crippen LogP contribution is -2.49. The lowest BCUT2D eigenvalue weighted by atomic mass is 10.0. The minimum Gasteiger partial charge on any atom is -0.497 e. The summed E-state index contributed by atoms with van der Waals surface area (Å²) in [5.41, 5.74) is 7.69. The fourth-order valence-corrected chi connectivity index (χ4v) is 2.85. The highest BCUT2D eigenvalue weighted by molar-refractivity contribution is 5.61. The van der Waals surface area contributed by atoms with Crippen molar-refractivity contribution in [2.75, 3.05) is 44.0 Å². The van der Waals surface area contributed by atoms with E-state index >= 15 is 0 Å². The van der Waals surface area contributed by atoms with Gasteiger partial charge in [0.15, 0.2) is 5.79 Å². The number of hydrogen-bond acceptors (Lipinski definition) is 5. The second-order valence-electron chi connectivity index (χ2n) is 5.10. The van der Waals surface area contributed by atoms with E-state index in [1.807, 2.05) is 18.2 Å². The van der Waals surface area contributed by atoms with E-state index < -0.39 is 5.79 Å². The molecule has 2 N–H and O–H groups in total. The quantitative estimate of drug-likeness (QED) is 0.823. The maximum absolute atomic E-state index is 5.92. The molecule has 2 saturated heterocycles. The van der Waals surface area contributed by atoms with Crippen molar-refractivity contribution in [3.05, 3.63) is 18.2 Å². The molecule has 1 spiro atoms. The lowest BCUT2D eigenvalue weighted by molar-refractivity contribution is -0.161. The van der Waals surface area contributed by atoms with Crippen LogP contribution in [0.5, 0.6) is 5.75 Å². The van der Waals surface area contributed by atoms with Gasteiger partial charge in [-0.05, 0) is 12.5 Å². The van der Waals surface area contributed by atoms with Crippen molar-refractivity contribution in [3.8, 4) is 5.75 Å². The van der Waals surface area contributed by atoms with Crippen LogP contribution in [-0.4, -0.2) is 39.2 Å². The fraction of sp³-hybridized carbons (Fsp3) is 0.571. The zero-order valence-electron chi connectivity index (χ0n) is 11.2. The zero-order valence-corrected chi connectivity index (χ0v) is 11.2. The molecule has 19 heavy (non-hydrogen) atoms. The molecule has 0 unspecified atom stereocenters. The Kier molecular flexibility index (Phi) is 3.24. The maximum atomic E-state index is 5.92. The number of hydrogen-bond donors (Lipinski definition) is 1. The van der Waals surface area contributed by atoms with Crippen LogP contribution in [0.2, 0.25) is 0 Å². The SMILES string of the molecule is COc1cc(N)cc(N2CCCC3(C2)OCCO3)c1. The Morgan fingerprint density at radius 1 is 1.26 bits per heavy atom. The van der Waals surface area contributed by atoms with E-state index in [2.05, 4.69) is 4.90 Å². The van der Waals surface area contributed by atoms with Crippen LogP contribution in [0.1, 0.15) is 12.8 Å². The van der Waals surface area contributed by atoms with E-state index in [1.165, 1.54) is 0 Å². The van der Waals surface area contributed by atoms with Crippen molar-refractivity contribution in [1.29, 1.82) is 0 Å². The normalized spacial score (nSPS) is 21.8. The lowest BCUT2D eigenvalue weighted by Gasteiger charge is -2.39. The van der Waals surface area contributed by atoms with Gasteiger partial charge in [-0.3, -0.25) is 0 Å². The van der Waals surface area contributed by atoms with E-state index in [0.717, 1.165) is 37.4 Å². The van der Waals surface area contributed by atoms with Gasteiger partial charge in [-0.25, -0.2) is 0 Å². The Morgan fingerprint density at radius 2 is 2.05 bits per heavy atom. The molecule has 0 aliphatic carbocycles. The Labute approximate surface area is 113 Å². The summed E-state index contributed by atoms with van der Waals surface area (Å²) in [6, 6.07) is 5.80. The van der Waals surface area contributed by atoms with E-state index in [4.69, 9.17) is 19.9 Å². The van der Waals surface area contributed by atoms with Gasteiger partial charge < -0.3 is 24.8 Å². The predicted molar refractivity (Wildman–Crippen MR) is 73.5 cm³/mol. The van der Waals surface area contributed by atoms with Gasteiger partial charge in [-0.2, -0.15) is 0 Å². The predicted octanol–water partition coefficient (Wildman–Crippen LogP) is 1.62. The number of nitrogens with two attached hydrogens (primary N) is 1. The average molecular weight is 264 g/mol. The van der Waals surface area contributed by atoms with Crippen molar-refractivity contribution >= 4 is 11.4 Å². The van der Waals surface area contributed by atoms with E-state index in [9.17, 15) is 0 Å². The summed E-state index contributed by atoms with van der Waals surface area (Å²) in [7, 11) is 1.65. The molecular formula is C14H20N2O3. The van der Waals surface area contributed by atoms with Crippen molar-refractivity contribution in [2.24, 2.45) is 0 Å². The average Bonchev–Trinajstić information content (AvgIpc) is 2.86. The topological polar surface area (TPSA) is 57.0 Å². The summed E-state index contributed by atoms with van der Waals surface area (Å²) in [6.07, 6.45) is 2.01. The van der Waals surface area contributed by atoms with Crippen LogP contribution in [0.15, 0.2) is 18.2 Å². The van der Waals surface area contributed by atoms with Crippen LogP contribution < -0.4 is 15.4 Å². The van der Waals surface area contributed by atoms with Gasteiger partial charge >= 0.3 is 0 Å². The summed E-state index contributed by atoms with van der Waals surface area (Å²) < 4.78 is 16.9. The number of piperidine rings is 1. The van der Waals surface area contributed by atoms with Crippen LogP contribution in [-0.2, 0) is 9.47 Å². The van der Waals surface area contributed by atoms with Crippen LogP contribution >= 0.6 is 0 Å². The summed E-state index contributed by atoms with van der Waals surface area (Å²) >= 11 is 0. The van der Waals surface area contributed by atoms with Crippen LogP contribution in [0.4, 0.5) is 11.4 Å². The van der Waals surface area contributed by atoms with Crippen LogP contribution in [0.25, 0.3) is 0 Å². The van der Waals surface area contributed by atoms with Gasteiger partial charge in [0.1, 0.15) is 5.75 Å². The van der Waals surface area contributed by atoms with Gasteiger partial charge in [0.25, 0.3) is 0 Å². The molecule has 2 fully saturated rings. The first kappa shape index (κ1) is 12.6. The number of rotatable bonds is 2. The Bertz CT molecular complexity index is 458. The fourth-order valence-electron chi connectivity index (χ4n) is 2.85. The molecular weight excluding hydrogens is 244 g/mol. The Hall–Kier alpha value is -1.46. The third-order valence-corrected chi connectivity index (χ3v) is 3.75. The third kappa shape index (κ3) is 2.48. The van der Waals surface area contributed by atoms with Crippen LogP contribution in [0.3, 0.4) is 0 Å². The van der Waals surface area contributed by atoms with Gasteiger partial charge in [0.2, 0.25) is 0 Å². The first-order valence-corrected chi connectivity index (χ1v) is 6.68. The molecule has 2 aliphatic heterocycles. The van der Waals surface area contributed by atoms with Crippen molar-refractivity contribution in [1.82, 2.24) is 0 Å². The molecule has 0 amide bonds. The number of nitrogen functional groups attached to an aromatic ring is 1.